The molecule has 1 aromatic heterocycles. The molecule has 1 aliphatic rings. The van der Waals surface area contributed by atoms with Gasteiger partial charge >= 0.3 is 5.97 Å². The number of hydrogen-bond acceptors (Lipinski definition) is 5. The molecule has 0 saturated carbocycles. The fraction of sp³-hybridized carbons (Fsp3) is 0.353. The van der Waals surface area contributed by atoms with Crippen molar-refractivity contribution < 1.29 is 19.6 Å². The molecular weight excluding hydrogens is 340 g/mol. The summed E-state index contributed by atoms with van der Waals surface area (Å²) in [4.78, 5) is 35.6. The van der Waals surface area contributed by atoms with Gasteiger partial charge in [-0.1, -0.05) is 0 Å². The highest BCUT2D eigenvalue weighted by Crippen LogP contribution is 2.25. The van der Waals surface area contributed by atoms with Crippen molar-refractivity contribution in [2.75, 3.05) is 13.1 Å². The lowest BCUT2D eigenvalue weighted by atomic mass is 10.0. The number of benzene rings is 1. The Balaban J connectivity index is 1.65. The van der Waals surface area contributed by atoms with Crippen LogP contribution in [0.25, 0.3) is 0 Å². The molecule has 1 saturated heterocycles. The van der Waals surface area contributed by atoms with Crippen LogP contribution in [0, 0.1) is 17.0 Å². The number of carbonyl (C=O) groups excluding carboxylic acids is 1. The summed E-state index contributed by atoms with van der Waals surface area (Å²) in [6, 6.07) is 5.61. The number of piperidine rings is 1. The summed E-state index contributed by atoms with van der Waals surface area (Å²) < 4.78 is 1.72. The van der Waals surface area contributed by atoms with Crippen molar-refractivity contribution in [3.8, 4) is 0 Å². The minimum atomic E-state index is -1.00. The predicted octanol–water partition coefficient (Wildman–Crippen LogP) is 2.28. The third kappa shape index (κ3) is 3.28. The molecule has 0 spiro atoms. The molecule has 26 heavy (non-hydrogen) atoms. The molecule has 9 nitrogen and oxygen atoms in total. The van der Waals surface area contributed by atoms with Crippen molar-refractivity contribution in [3.63, 3.8) is 0 Å². The molecule has 1 fully saturated rings. The maximum absolute atomic E-state index is 12.5. The van der Waals surface area contributed by atoms with Crippen LogP contribution in [0.15, 0.2) is 30.5 Å². The Labute approximate surface area is 149 Å². The van der Waals surface area contributed by atoms with E-state index < -0.39 is 10.9 Å². The van der Waals surface area contributed by atoms with E-state index in [0.29, 0.717) is 37.2 Å². The minimum Gasteiger partial charge on any atom is -0.478 e. The fourth-order valence-corrected chi connectivity index (χ4v) is 3.22. The van der Waals surface area contributed by atoms with Gasteiger partial charge in [-0.05, 0) is 31.9 Å². The van der Waals surface area contributed by atoms with Crippen molar-refractivity contribution in [2.24, 2.45) is 0 Å². The van der Waals surface area contributed by atoms with Crippen LogP contribution >= 0.6 is 0 Å². The molecule has 0 unspecified atom stereocenters. The molecule has 1 aromatic carbocycles. The molecule has 3 rings (SSSR count). The van der Waals surface area contributed by atoms with Gasteiger partial charge in [0.1, 0.15) is 5.56 Å². The zero-order valence-electron chi connectivity index (χ0n) is 14.2. The number of non-ortho nitro benzene ring substituents is 1. The van der Waals surface area contributed by atoms with E-state index in [-0.39, 0.29) is 23.2 Å². The van der Waals surface area contributed by atoms with Crippen LogP contribution in [0.3, 0.4) is 0 Å². The average Bonchev–Trinajstić information content (AvgIpc) is 3.03. The Morgan fingerprint density at radius 1 is 1.23 bits per heavy atom. The van der Waals surface area contributed by atoms with Crippen LogP contribution in [0.2, 0.25) is 0 Å². The third-order valence-electron chi connectivity index (χ3n) is 4.70. The number of rotatable bonds is 4. The number of amides is 1. The first-order valence-electron chi connectivity index (χ1n) is 8.19. The molecular formula is C17H18N4O5. The zero-order chi connectivity index (χ0) is 18.8. The highest BCUT2D eigenvalue weighted by Gasteiger charge is 2.27. The van der Waals surface area contributed by atoms with E-state index in [0.717, 1.165) is 0 Å². The topological polar surface area (TPSA) is 119 Å². The Kier molecular flexibility index (Phi) is 4.70. The summed E-state index contributed by atoms with van der Waals surface area (Å²) in [6.45, 7) is 2.76. The smallest absolute Gasteiger partial charge is 0.339 e. The summed E-state index contributed by atoms with van der Waals surface area (Å²) in [5.74, 6) is -1.17. The van der Waals surface area contributed by atoms with Gasteiger partial charge in [-0.25, -0.2) is 4.79 Å². The van der Waals surface area contributed by atoms with Gasteiger partial charge in [0.2, 0.25) is 0 Å². The number of carboxylic acids is 1. The number of nitro benzene ring substituents is 1. The maximum atomic E-state index is 12.5. The van der Waals surface area contributed by atoms with Crippen LogP contribution in [0.4, 0.5) is 5.69 Å². The molecule has 1 N–H and O–H groups in total. The number of nitrogens with zero attached hydrogens (tertiary/aromatic N) is 4. The van der Waals surface area contributed by atoms with E-state index in [1.807, 2.05) is 0 Å². The van der Waals surface area contributed by atoms with Crippen LogP contribution < -0.4 is 0 Å². The first-order chi connectivity index (χ1) is 12.4. The minimum absolute atomic E-state index is 0.0454. The van der Waals surface area contributed by atoms with E-state index in [1.54, 1.807) is 16.5 Å². The summed E-state index contributed by atoms with van der Waals surface area (Å²) in [6.07, 6.45) is 2.69. The molecule has 2 aromatic rings. The summed E-state index contributed by atoms with van der Waals surface area (Å²) in [5.41, 5.74) is 1.16. The van der Waals surface area contributed by atoms with Gasteiger partial charge in [0.25, 0.3) is 11.6 Å². The normalized spacial score (nSPS) is 15.0. The van der Waals surface area contributed by atoms with E-state index in [1.165, 1.54) is 30.5 Å². The Morgan fingerprint density at radius 3 is 2.35 bits per heavy atom. The van der Waals surface area contributed by atoms with E-state index in [9.17, 15) is 19.7 Å². The first-order valence-corrected chi connectivity index (χ1v) is 8.19. The van der Waals surface area contributed by atoms with Gasteiger partial charge in [0.05, 0.1) is 22.9 Å². The quantitative estimate of drug-likeness (QED) is 0.661. The lowest BCUT2D eigenvalue weighted by Crippen LogP contribution is -2.39. The maximum Gasteiger partial charge on any atom is 0.339 e. The summed E-state index contributed by atoms with van der Waals surface area (Å²) in [5, 5.41) is 24.0. The van der Waals surface area contributed by atoms with Crippen LogP contribution in [0.1, 0.15) is 45.3 Å². The molecule has 136 valence electrons. The molecule has 0 radical (unpaired) electrons. The van der Waals surface area contributed by atoms with E-state index in [2.05, 4.69) is 5.10 Å². The Morgan fingerprint density at radius 2 is 1.85 bits per heavy atom. The Hall–Kier alpha value is -3.23. The van der Waals surface area contributed by atoms with Crippen molar-refractivity contribution in [3.05, 3.63) is 57.4 Å². The summed E-state index contributed by atoms with van der Waals surface area (Å²) >= 11 is 0. The number of carbonyl (C=O) groups is 2. The number of aromatic nitrogens is 2. The second-order valence-corrected chi connectivity index (χ2v) is 6.22. The highest BCUT2D eigenvalue weighted by molar-refractivity contribution is 5.94. The zero-order valence-corrected chi connectivity index (χ0v) is 14.2. The predicted molar refractivity (Wildman–Crippen MR) is 91.2 cm³/mol. The largest absolute Gasteiger partial charge is 0.478 e. The average molecular weight is 358 g/mol. The highest BCUT2D eigenvalue weighted by atomic mass is 16.6. The van der Waals surface area contributed by atoms with E-state index >= 15 is 0 Å². The molecule has 1 amide bonds. The van der Waals surface area contributed by atoms with Gasteiger partial charge in [0, 0.05) is 30.8 Å². The van der Waals surface area contributed by atoms with Crippen molar-refractivity contribution in [1.82, 2.24) is 14.7 Å². The lowest BCUT2D eigenvalue weighted by molar-refractivity contribution is -0.384. The second kappa shape index (κ2) is 6.95. The number of likely N-dealkylation sites (tertiary alicyclic amines) is 1. The third-order valence-corrected chi connectivity index (χ3v) is 4.70. The summed E-state index contributed by atoms with van der Waals surface area (Å²) in [7, 11) is 0. The monoisotopic (exact) mass is 358 g/mol. The van der Waals surface area contributed by atoms with Crippen molar-refractivity contribution in [2.45, 2.75) is 25.8 Å². The van der Waals surface area contributed by atoms with E-state index in [4.69, 9.17) is 5.11 Å². The van der Waals surface area contributed by atoms with Gasteiger partial charge in [-0.15, -0.1) is 0 Å². The van der Waals surface area contributed by atoms with Crippen molar-refractivity contribution in [1.29, 1.82) is 0 Å². The van der Waals surface area contributed by atoms with Crippen LogP contribution in [-0.4, -0.2) is 49.7 Å². The molecule has 9 heteroatoms. The standard InChI is InChI=1S/C17H18N4O5/c1-11-15(17(23)24)10-18-20(11)13-6-8-19(9-7-13)16(22)12-2-4-14(5-3-12)21(25)26/h2-5,10,13H,6-9H2,1H3,(H,23,24). The van der Waals surface area contributed by atoms with Gasteiger partial charge in [-0.2, -0.15) is 5.10 Å². The fourth-order valence-electron chi connectivity index (χ4n) is 3.22. The van der Waals surface area contributed by atoms with Crippen LogP contribution in [-0.2, 0) is 0 Å². The molecule has 0 atom stereocenters. The molecule has 0 aliphatic carbocycles. The van der Waals surface area contributed by atoms with Gasteiger partial charge < -0.3 is 10.0 Å². The van der Waals surface area contributed by atoms with Gasteiger partial charge in [0.15, 0.2) is 0 Å². The number of hydrogen-bond donors (Lipinski definition) is 1. The molecule has 0 bridgehead atoms. The van der Waals surface area contributed by atoms with Gasteiger partial charge in [-0.3, -0.25) is 19.6 Å². The number of carboxylic acid groups (broad SMARTS) is 1. The molecule has 1 aliphatic heterocycles. The second-order valence-electron chi connectivity index (χ2n) is 6.22. The SMILES string of the molecule is Cc1c(C(=O)O)cnn1C1CCN(C(=O)c2ccc([N+](=O)[O-])cc2)CC1. The Bertz CT molecular complexity index is 851. The van der Waals surface area contributed by atoms with Crippen molar-refractivity contribution >= 4 is 17.6 Å². The number of nitro groups is 1. The number of aromatic carboxylic acids is 1. The molecule has 2 heterocycles. The van der Waals surface area contributed by atoms with Crippen LogP contribution in [0.5, 0.6) is 0 Å². The first kappa shape index (κ1) is 17.6. The lowest BCUT2D eigenvalue weighted by Gasteiger charge is -2.32.